The summed E-state index contributed by atoms with van der Waals surface area (Å²) in [5, 5.41) is 3.02. The first-order valence-corrected chi connectivity index (χ1v) is 10.8. The van der Waals surface area contributed by atoms with Crippen LogP contribution in [0.4, 0.5) is 5.13 Å². The number of nitrogens with zero attached hydrogens (tertiary/aromatic N) is 2. The molecule has 0 amide bonds. The van der Waals surface area contributed by atoms with Crippen LogP contribution in [0, 0.1) is 0 Å². The third-order valence-corrected chi connectivity index (χ3v) is 6.68. The summed E-state index contributed by atoms with van der Waals surface area (Å²) in [5.41, 5.74) is 0.900. The number of hydrogen-bond donors (Lipinski definition) is 1. The maximum Gasteiger partial charge on any atom is 0.244 e. The summed E-state index contributed by atoms with van der Waals surface area (Å²) in [6.07, 6.45) is 2.95. The molecule has 1 aliphatic rings. The normalized spacial score (nSPS) is 14.6. The van der Waals surface area contributed by atoms with Gasteiger partial charge in [-0.2, -0.15) is 0 Å². The highest BCUT2D eigenvalue weighted by molar-refractivity contribution is 7.89. The molecule has 0 aliphatic carbocycles. The Labute approximate surface area is 158 Å². The second kappa shape index (κ2) is 8.24. The molecule has 1 saturated heterocycles. The summed E-state index contributed by atoms with van der Waals surface area (Å²) in [7, 11) is -0.772. The lowest BCUT2D eigenvalue weighted by Crippen LogP contribution is -2.26. The molecule has 7 nitrogen and oxygen atoms in total. The highest BCUT2D eigenvalue weighted by Crippen LogP contribution is 2.28. The molecule has 0 radical (unpaired) electrons. The van der Waals surface area contributed by atoms with Crippen LogP contribution in [-0.2, 0) is 16.4 Å². The number of nitrogens with one attached hydrogen (secondary N) is 1. The van der Waals surface area contributed by atoms with Gasteiger partial charge in [-0.05, 0) is 25.0 Å². The van der Waals surface area contributed by atoms with E-state index in [1.807, 2.05) is 5.38 Å². The Kier molecular flexibility index (Phi) is 6.00. The van der Waals surface area contributed by atoms with Gasteiger partial charge < -0.3 is 14.4 Å². The quantitative estimate of drug-likeness (QED) is 0.736. The molecule has 3 rings (SSSR count). The van der Waals surface area contributed by atoms with E-state index in [4.69, 9.17) is 9.47 Å². The molecule has 1 aliphatic heterocycles. The van der Waals surface area contributed by atoms with Gasteiger partial charge >= 0.3 is 0 Å². The Morgan fingerprint density at radius 1 is 1.23 bits per heavy atom. The van der Waals surface area contributed by atoms with Crippen LogP contribution < -0.4 is 19.1 Å². The fourth-order valence-electron chi connectivity index (χ4n) is 2.85. The number of thiazole rings is 1. The van der Waals surface area contributed by atoms with Crippen LogP contribution in [0.1, 0.15) is 18.5 Å². The molecule has 0 saturated carbocycles. The molecule has 26 heavy (non-hydrogen) atoms. The lowest BCUT2D eigenvalue weighted by atomic mass is 10.3. The van der Waals surface area contributed by atoms with Crippen LogP contribution in [-0.4, -0.2) is 47.3 Å². The molecule has 0 unspecified atom stereocenters. The predicted molar refractivity (Wildman–Crippen MR) is 102 cm³/mol. The number of hydrogen-bond acceptors (Lipinski definition) is 7. The fourth-order valence-corrected chi connectivity index (χ4v) is 4.98. The standard InChI is InChI=1S/C17H23N3O4S2/c1-23-14-5-6-15(24-2)16(11-14)26(21,22)18-8-7-13-12-25-17(19-13)20-9-3-4-10-20/h5-6,11-12,18H,3-4,7-10H2,1-2H3. The van der Waals surface area contributed by atoms with Crippen LogP contribution in [0.3, 0.4) is 0 Å². The number of methoxy groups -OCH3 is 2. The van der Waals surface area contributed by atoms with Crippen molar-refractivity contribution in [2.75, 3.05) is 38.8 Å². The minimum Gasteiger partial charge on any atom is -0.497 e. The Morgan fingerprint density at radius 3 is 2.69 bits per heavy atom. The Bertz CT molecular complexity index is 845. The van der Waals surface area contributed by atoms with E-state index in [0.717, 1.165) is 23.9 Å². The number of anilines is 1. The van der Waals surface area contributed by atoms with E-state index in [1.165, 1.54) is 33.1 Å². The Hall–Kier alpha value is -1.84. The lowest BCUT2D eigenvalue weighted by Gasteiger charge is -2.12. The van der Waals surface area contributed by atoms with Crippen LogP contribution in [0.25, 0.3) is 0 Å². The Morgan fingerprint density at radius 2 is 2.00 bits per heavy atom. The number of aromatic nitrogens is 1. The summed E-state index contributed by atoms with van der Waals surface area (Å²) in [4.78, 5) is 6.95. The number of ether oxygens (including phenoxy) is 2. The third-order valence-electron chi connectivity index (χ3n) is 4.25. The molecule has 1 N–H and O–H groups in total. The fraction of sp³-hybridized carbons (Fsp3) is 0.471. The van der Waals surface area contributed by atoms with Crippen LogP contribution >= 0.6 is 11.3 Å². The van der Waals surface area contributed by atoms with Gasteiger partial charge in [0.1, 0.15) is 16.4 Å². The van der Waals surface area contributed by atoms with Gasteiger partial charge in [-0.1, -0.05) is 0 Å². The van der Waals surface area contributed by atoms with Gasteiger partial charge in [0.2, 0.25) is 10.0 Å². The van der Waals surface area contributed by atoms with Gasteiger partial charge in [0.05, 0.1) is 19.9 Å². The molecule has 1 fully saturated rings. The number of rotatable bonds is 8. The smallest absolute Gasteiger partial charge is 0.244 e. The van der Waals surface area contributed by atoms with Gasteiger partial charge in [-0.25, -0.2) is 18.1 Å². The summed E-state index contributed by atoms with van der Waals surface area (Å²) in [6.45, 7) is 2.37. The molecular formula is C17H23N3O4S2. The molecule has 2 aromatic rings. The van der Waals surface area contributed by atoms with Crippen molar-refractivity contribution < 1.29 is 17.9 Å². The summed E-state index contributed by atoms with van der Waals surface area (Å²) in [5.74, 6) is 0.740. The topological polar surface area (TPSA) is 80.8 Å². The zero-order valence-corrected chi connectivity index (χ0v) is 16.5. The average molecular weight is 398 g/mol. The van der Waals surface area contributed by atoms with Crippen LogP contribution in [0.15, 0.2) is 28.5 Å². The van der Waals surface area contributed by atoms with E-state index >= 15 is 0 Å². The lowest BCUT2D eigenvalue weighted by molar-refractivity contribution is 0.392. The monoisotopic (exact) mass is 397 g/mol. The molecule has 1 aromatic heterocycles. The maximum absolute atomic E-state index is 12.6. The molecule has 142 valence electrons. The summed E-state index contributed by atoms with van der Waals surface area (Å²) in [6, 6.07) is 4.69. The van der Waals surface area contributed by atoms with E-state index in [9.17, 15) is 8.42 Å². The second-order valence-electron chi connectivity index (χ2n) is 5.98. The molecule has 0 atom stereocenters. The van der Waals surface area contributed by atoms with Crippen LogP contribution in [0.5, 0.6) is 11.5 Å². The third kappa shape index (κ3) is 4.28. The van der Waals surface area contributed by atoms with Gasteiger partial charge in [-0.3, -0.25) is 0 Å². The van der Waals surface area contributed by atoms with Gasteiger partial charge in [0.25, 0.3) is 0 Å². The minimum atomic E-state index is -3.70. The zero-order valence-electron chi connectivity index (χ0n) is 14.9. The predicted octanol–water partition coefficient (Wildman–Crippen LogP) is 2.28. The van der Waals surface area contributed by atoms with Crippen molar-refractivity contribution in [1.82, 2.24) is 9.71 Å². The first kappa shape index (κ1) is 18.9. The van der Waals surface area contributed by atoms with Crippen molar-refractivity contribution in [2.24, 2.45) is 0 Å². The van der Waals surface area contributed by atoms with Gasteiger partial charge in [-0.15, -0.1) is 11.3 Å². The van der Waals surface area contributed by atoms with E-state index in [-0.39, 0.29) is 17.2 Å². The second-order valence-corrected chi connectivity index (χ2v) is 8.55. The minimum absolute atomic E-state index is 0.0652. The van der Waals surface area contributed by atoms with Crippen molar-refractivity contribution in [3.05, 3.63) is 29.3 Å². The molecule has 0 bridgehead atoms. The largest absolute Gasteiger partial charge is 0.497 e. The van der Waals surface area contributed by atoms with Crippen molar-refractivity contribution >= 4 is 26.5 Å². The molecular weight excluding hydrogens is 374 g/mol. The van der Waals surface area contributed by atoms with Crippen molar-refractivity contribution in [1.29, 1.82) is 0 Å². The Balaban J connectivity index is 1.63. The summed E-state index contributed by atoms with van der Waals surface area (Å²) >= 11 is 1.61. The van der Waals surface area contributed by atoms with E-state index in [0.29, 0.717) is 12.2 Å². The molecule has 9 heteroatoms. The SMILES string of the molecule is COc1ccc(OC)c(S(=O)(=O)NCCc2csc(N3CCCC3)n2)c1. The molecule has 2 heterocycles. The molecule has 1 aromatic carbocycles. The van der Waals surface area contributed by atoms with Crippen LogP contribution in [0.2, 0.25) is 0 Å². The first-order chi connectivity index (χ1) is 12.5. The van der Waals surface area contributed by atoms with Gasteiger partial charge in [0, 0.05) is 37.5 Å². The summed E-state index contributed by atoms with van der Waals surface area (Å²) < 4.78 is 38.1. The van der Waals surface area contributed by atoms with E-state index < -0.39 is 10.0 Å². The number of sulfonamides is 1. The highest BCUT2D eigenvalue weighted by Gasteiger charge is 2.21. The molecule has 0 spiro atoms. The van der Waals surface area contributed by atoms with Crippen molar-refractivity contribution in [3.8, 4) is 11.5 Å². The van der Waals surface area contributed by atoms with E-state index in [2.05, 4.69) is 14.6 Å². The van der Waals surface area contributed by atoms with Gasteiger partial charge in [0.15, 0.2) is 5.13 Å². The zero-order chi connectivity index (χ0) is 18.6. The van der Waals surface area contributed by atoms with Crippen molar-refractivity contribution in [3.63, 3.8) is 0 Å². The van der Waals surface area contributed by atoms with E-state index in [1.54, 1.807) is 23.5 Å². The maximum atomic E-state index is 12.6. The highest BCUT2D eigenvalue weighted by atomic mass is 32.2. The average Bonchev–Trinajstić information content (AvgIpc) is 3.32. The number of benzene rings is 1. The first-order valence-electron chi connectivity index (χ1n) is 8.44. The van der Waals surface area contributed by atoms with Crippen molar-refractivity contribution in [2.45, 2.75) is 24.2 Å².